The van der Waals surface area contributed by atoms with Crippen molar-refractivity contribution in [2.75, 3.05) is 0 Å². The van der Waals surface area contributed by atoms with Crippen molar-refractivity contribution in [3.8, 4) is 0 Å². The second-order valence-electron chi connectivity index (χ2n) is 12.3. The van der Waals surface area contributed by atoms with Crippen LogP contribution in [0.15, 0.2) is 54.9 Å². The summed E-state index contributed by atoms with van der Waals surface area (Å²) in [6.45, 7) is 2.26. The third-order valence-corrected chi connectivity index (χ3v) is 10.2. The van der Waals surface area contributed by atoms with Crippen LogP contribution < -0.4 is 4.57 Å². The number of hydrogen-bond acceptors (Lipinski definition) is 1. The van der Waals surface area contributed by atoms with Crippen LogP contribution in [-0.2, 0) is 12.5 Å². The van der Waals surface area contributed by atoms with Crippen molar-refractivity contribution in [3.05, 3.63) is 66.0 Å². The lowest BCUT2D eigenvalue weighted by Gasteiger charge is -2.57. The van der Waals surface area contributed by atoms with Crippen LogP contribution in [0.1, 0.15) is 49.7 Å². The standard InChI is InChI=1S/C32H30N3/c1-18-5-6-24-29-25(4-3-8-33-29)35-26-14-23(32-15-19-10-20(16-32)12-21(11-19)17-32)13-22-7-9-34(2)31(28(22)26)27(18)30(24)35/h3-9,13-14,19-21H,10-12,15-17H2,1-2H3/q+1. The minimum absolute atomic E-state index is 0.380. The third kappa shape index (κ3) is 2.24. The Labute approximate surface area is 204 Å². The van der Waals surface area contributed by atoms with Crippen LogP contribution >= 0.6 is 0 Å². The van der Waals surface area contributed by atoms with E-state index >= 15 is 0 Å². The van der Waals surface area contributed by atoms with Crippen molar-refractivity contribution in [3.63, 3.8) is 0 Å². The number of fused-ring (bicyclic) bond motifs is 5. The lowest BCUT2D eigenvalue weighted by molar-refractivity contribution is -0.643. The van der Waals surface area contributed by atoms with Gasteiger partial charge in [0.05, 0.1) is 32.8 Å². The minimum Gasteiger partial charge on any atom is -0.306 e. The van der Waals surface area contributed by atoms with Crippen LogP contribution in [0.3, 0.4) is 0 Å². The predicted molar refractivity (Wildman–Crippen MR) is 142 cm³/mol. The fraction of sp³-hybridized carbons (Fsp3) is 0.375. The van der Waals surface area contributed by atoms with E-state index in [4.69, 9.17) is 4.98 Å². The normalized spacial score (nSPS) is 28.0. The maximum Gasteiger partial charge on any atom is 0.224 e. The van der Waals surface area contributed by atoms with Gasteiger partial charge in [-0.05, 0) is 109 Å². The fourth-order valence-electron chi connectivity index (χ4n) is 9.30. The highest BCUT2D eigenvalue weighted by Gasteiger charge is 2.51. The first-order valence-electron chi connectivity index (χ1n) is 13.5. The molecule has 0 amide bonds. The predicted octanol–water partition coefficient (Wildman–Crippen LogP) is 6.99. The Hall–Kier alpha value is -3.20. The van der Waals surface area contributed by atoms with Gasteiger partial charge in [-0.25, -0.2) is 4.57 Å². The number of hydrogen-bond donors (Lipinski definition) is 0. The van der Waals surface area contributed by atoms with Gasteiger partial charge in [0.2, 0.25) is 5.52 Å². The summed E-state index contributed by atoms with van der Waals surface area (Å²) in [5.41, 5.74) is 9.72. The Kier molecular flexibility index (Phi) is 3.34. The number of aromatic nitrogens is 3. The summed E-state index contributed by atoms with van der Waals surface area (Å²) in [4.78, 5) is 4.87. The third-order valence-electron chi connectivity index (χ3n) is 10.2. The lowest BCUT2D eigenvalue weighted by atomic mass is 9.48. The zero-order valence-corrected chi connectivity index (χ0v) is 20.5. The average molecular weight is 457 g/mol. The Morgan fingerprint density at radius 3 is 2.46 bits per heavy atom. The summed E-state index contributed by atoms with van der Waals surface area (Å²) in [5, 5.41) is 5.43. The molecule has 4 bridgehead atoms. The van der Waals surface area contributed by atoms with Crippen molar-refractivity contribution in [1.29, 1.82) is 0 Å². The van der Waals surface area contributed by atoms with Gasteiger partial charge >= 0.3 is 0 Å². The molecule has 0 unspecified atom stereocenters. The van der Waals surface area contributed by atoms with Gasteiger partial charge in [0, 0.05) is 17.6 Å². The molecule has 172 valence electrons. The SMILES string of the molecule is Cc1ccc2c3ncccc3n3c4cc(C56CC7CC(CC(C7)C5)C6)cc5cc[n+](C)c(c1c23)c54. The van der Waals surface area contributed by atoms with Crippen molar-refractivity contribution in [2.45, 2.75) is 50.9 Å². The highest BCUT2D eigenvalue weighted by Crippen LogP contribution is 2.61. The molecule has 10 rings (SSSR count). The summed E-state index contributed by atoms with van der Waals surface area (Å²) < 4.78 is 4.89. The van der Waals surface area contributed by atoms with Crippen molar-refractivity contribution in [1.82, 2.24) is 9.38 Å². The van der Waals surface area contributed by atoms with Gasteiger partial charge in [0.15, 0.2) is 6.20 Å². The van der Waals surface area contributed by atoms with Gasteiger partial charge < -0.3 is 4.40 Å². The molecular formula is C32H30N3+. The highest BCUT2D eigenvalue weighted by molar-refractivity contribution is 6.25. The first-order chi connectivity index (χ1) is 17.1. The molecule has 3 heteroatoms. The molecule has 0 aliphatic heterocycles. The van der Waals surface area contributed by atoms with Crippen molar-refractivity contribution >= 4 is 49.1 Å². The second-order valence-corrected chi connectivity index (χ2v) is 12.3. The molecule has 4 saturated carbocycles. The maximum absolute atomic E-state index is 4.87. The molecule has 0 atom stereocenters. The number of pyridine rings is 3. The Morgan fingerprint density at radius 1 is 0.914 bits per heavy atom. The molecule has 2 aromatic carbocycles. The summed E-state index contributed by atoms with van der Waals surface area (Å²) in [6, 6.07) is 16.5. The van der Waals surface area contributed by atoms with E-state index in [1.807, 2.05) is 6.20 Å². The first kappa shape index (κ1) is 19.0. The molecule has 4 heterocycles. The molecule has 4 aliphatic rings. The van der Waals surface area contributed by atoms with E-state index in [-0.39, 0.29) is 0 Å². The molecule has 0 radical (unpaired) electrons. The van der Waals surface area contributed by atoms with Gasteiger partial charge in [-0.15, -0.1) is 0 Å². The molecule has 4 aliphatic carbocycles. The minimum atomic E-state index is 0.380. The van der Waals surface area contributed by atoms with Crippen LogP contribution in [0.2, 0.25) is 0 Å². The molecule has 6 aromatic rings. The molecule has 0 saturated heterocycles. The number of nitrogens with zero attached hydrogens (tertiary/aromatic N) is 3. The van der Waals surface area contributed by atoms with E-state index < -0.39 is 0 Å². The average Bonchev–Trinajstić information content (AvgIpc) is 3.18. The Balaban J connectivity index is 1.50. The van der Waals surface area contributed by atoms with E-state index in [0.29, 0.717) is 5.41 Å². The zero-order chi connectivity index (χ0) is 23.1. The zero-order valence-electron chi connectivity index (χ0n) is 20.5. The number of aryl methyl sites for hydroxylation is 2. The molecule has 4 fully saturated rings. The number of rotatable bonds is 1. The first-order valence-corrected chi connectivity index (χ1v) is 13.5. The number of benzene rings is 2. The molecule has 3 nitrogen and oxygen atoms in total. The smallest absolute Gasteiger partial charge is 0.224 e. The van der Waals surface area contributed by atoms with Crippen LogP contribution in [-0.4, -0.2) is 9.38 Å². The maximum atomic E-state index is 4.87. The van der Waals surface area contributed by atoms with Gasteiger partial charge in [-0.2, -0.15) is 0 Å². The van der Waals surface area contributed by atoms with Crippen LogP contribution in [0.5, 0.6) is 0 Å². The van der Waals surface area contributed by atoms with Crippen molar-refractivity contribution in [2.24, 2.45) is 24.8 Å². The molecular weight excluding hydrogens is 426 g/mol. The topological polar surface area (TPSA) is 21.2 Å². The summed E-state index contributed by atoms with van der Waals surface area (Å²) in [6.07, 6.45) is 12.9. The summed E-state index contributed by atoms with van der Waals surface area (Å²) in [5.74, 6) is 2.84. The lowest BCUT2D eigenvalue weighted by Crippen LogP contribution is -2.48. The van der Waals surface area contributed by atoms with Crippen LogP contribution in [0.25, 0.3) is 49.1 Å². The van der Waals surface area contributed by atoms with E-state index in [1.165, 1.54) is 87.7 Å². The van der Waals surface area contributed by atoms with Gasteiger partial charge in [-0.1, -0.05) is 12.1 Å². The van der Waals surface area contributed by atoms with Gasteiger partial charge in [-0.3, -0.25) is 4.98 Å². The molecule has 35 heavy (non-hydrogen) atoms. The van der Waals surface area contributed by atoms with E-state index in [1.54, 1.807) is 5.56 Å². The Bertz CT molecular complexity index is 1820. The summed E-state index contributed by atoms with van der Waals surface area (Å²) in [7, 11) is 2.21. The quantitative estimate of drug-likeness (QED) is 0.148. The second kappa shape index (κ2) is 6.13. The van der Waals surface area contributed by atoms with Crippen LogP contribution in [0.4, 0.5) is 0 Å². The molecule has 4 aromatic heterocycles. The van der Waals surface area contributed by atoms with Crippen molar-refractivity contribution < 1.29 is 4.57 Å². The van der Waals surface area contributed by atoms with E-state index in [0.717, 1.165) is 23.3 Å². The fourth-order valence-corrected chi connectivity index (χ4v) is 9.30. The summed E-state index contributed by atoms with van der Waals surface area (Å²) >= 11 is 0. The molecule has 0 N–H and O–H groups in total. The molecule has 0 spiro atoms. The van der Waals surface area contributed by atoms with E-state index in [9.17, 15) is 0 Å². The van der Waals surface area contributed by atoms with Gasteiger partial charge in [0.25, 0.3) is 0 Å². The monoisotopic (exact) mass is 456 g/mol. The highest BCUT2D eigenvalue weighted by atomic mass is 15.0. The van der Waals surface area contributed by atoms with E-state index in [2.05, 4.69) is 71.6 Å². The largest absolute Gasteiger partial charge is 0.306 e. The van der Waals surface area contributed by atoms with Gasteiger partial charge in [0.1, 0.15) is 7.05 Å². The Morgan fingerprint density at radius 2 is 1.69 bits per heavy atom. The van der Waals surface area contributed by atoms with Crippen LogP contribution in [0, 0.1) is 24.7 Å².